The first kappa shape index (κ1) is 19.2. The number of carbonyl (C=O) groups is 1. The second-order valence-electron chi connectivity index (χ2n) is 7.10. The zero-order chi connectivity index (χ0) is 19.5. The summed E-state index contributed by atoms with van der Waals surface area (Å²) >= 11 is 6.53. The number of nitrogens with zero attached hydrogens (tertiary/aromatic N) is 3. The summed E-state index contributed by atoms with van der Waals surface area (Å²) < 4.78 is 11.3. The van der Waals surface area contributed by atoms with Crippen LogP contribution in [0.3, 0.4) is 0 Å². The van der Waals surface area contributed by atoms with E-state index in [0.29, 0.717) is 62.4 Å². The van der Waals surface area contributed by atoms with Gasteiger partial charge in [-0.1, -0.05) is 35.9 Å². The van der Waals surface area contributed by atoms with Crippen LogP contribution in [0, 0.1) is 6.92 Å². The van der Waals surface area contributed by atoms with E-state index in [1.54, 1.807) is 17.2 Å². The Morgan fingerprint density at radius 2 is 1.96 bits per heavy atom. The molecule has 4 rings (SSSR count). The van der Waals surface area contributed by atoms with E-state index < -0.39 is 0 Å². The Hall–Kier alpha value is -2.15. The van der Waals surface area contributed by atoms with Gasteiger partial charge in [-0.15, -0.1) is 0 Å². The number of hydrogen-bond donors (Lipinski definition) is 0. The normalized spacial score (nSPS) is 20.3. The van der Waals surface area contributed by atoms with Crippen LogP contribution >= 0.6 is 11.6 Å². The maximum atomic E-state index is 12.7. The molecule has 2 aliphatic heterocycles. The maximum absolute atomic E-state index is 12.7. The minimum absolute atomic E-state index is 0.0255. The molecule has 0 saturated carbocycles. The number of morpholine rings is 2. The monoisotopic (exact) mass is 401 g/mol. The predicted molar refractivity (Wildman–Crippen MR) is 108 cm³/mol. The SMILES string of the molecule is Cc1ccccc1C1CN(c2ncc(C(=O)N3CCOCC3)cc2Cl)CCO1. The fraction of sp³-hybridized carbons (Fsp3) is 0.429. The number of hydrogen-bond acceptors (Lipinski definition) is 5. The fourth-order valence-electron chi connectivity index (χ4n) is 3.71. The number of aryl methyl sites for hydroxylation is 1. The average Bonchev–Trinajstić information content (AvgIpc) is 2.74. The molecule has 0 radical (unpaired) electrons. The van der Waals surface area contributed by atoms with Gasteiger partial charge in [0, 0.05) is 32.4 Å². The molecule has 28 heavy (non-hydrogen) atoms. The third-order valence-electron chi connectivity index (χ3n) is 5.27. The summed E-state index contributed by atoms with van der Waals surface area (Å²) in [6, 6.07) is 9.97. The van der Waals surface area contributed by atoms with Crippen molar-refractivity contribution in [1.29, 1.82) is 0 Å². The van der Waals surface area contributed by atoms with E-state index in [1.165, 1.54) is 11.1 Å². The van der Waals surface area contributed by atoms with Crippen molar-refractivity contribution in [3.63, 3.8) is 0 Å². The Balaban J connectivity index is 1.51. The molecular weight excluding hydrogens is 378 g/mol. The Morgan fingerprint density at radius 1 is 1.18 bits per heavy atom. The van der Waals surface area contributed by atoms with Gasteiger partial charge in [-0.3, -0.25) is 4.79 Å². The van der Waals surface area contributed by atoms with Crippen molar-refractivity contribution in [2.75, 3.05) is 50.9 Å². The Morgan fingerprint density at radius 3 is 2.71 bits per heavy atom. The number of pyridine rings is 1. The molecule has 3 heterocycles. The van der Waals surface area contributed by atoms with Crippen molar-refractivity contribution < 1.29 is 14.3 Å². The summed E-state index contributed by atoms with van der Waals surface area (Å²) in [5.41, 5.74) is 2.90. The molecule has 7 heteroatoms. The molecule has 1 aromatic carbocycles. The van der Waals surface area contributed by atoms with Crippen LogP contribution in [0.2, 0.25) is 5.02 Å². The first-order valence-corrected chi connectivity index (χ1v) is 9.96. The molecule has 0 bridgehead atoms. The third-order valence-corrected chi connectivity index (χ3v) is 5.55. The Labute approximate surface area is 170 Å². The number of rotatable bonds is 3. The minimum Gasteiger partial charge on any atom is -0.378 e. The number of amides is 1. The lowest BCUT2D eigenvalue weighted by Gasteiger charge is -2.35. The van der Waals surface area contributed by atoms with Gasteiger partial charge < -0.3 is 19.3 Å². The lowest BCUT2D eigenvalue weighted by atomic mass is 10.0. The zero-order valence-corrected chi connectivity index (χ0v) is 16.7. The van der Waals surface area contributed by atoms with Crippen molar-refractivity contribution >= 4 is 23.3 Å². The lowest BCUT2D eigenvalue weighted by molar-refractivity contribution is 0.0302. The first-order chi connectivity index (χ1) is 13.6. The van der Waals surface area contributed by atoms with Gasteiger partial charge in [0.05, 0.1) is 30.4 Å². The van der Waals surface area contributed by atoms with Crippen LogP contribution < -0.4 is 4.90 Å². The van der Waals surface area contributed by atoms with Crippen LogP contribution in [-0.2, 0) is 9.47 Å². The highest BCUT2D eigenvalue weighted by atomic mass is 35.5. The van der Waals surface area contributed by atoms with Crippen molar-refractivity contribution in [3.05, 3.63) is 58.2 Å². The van der Waals surface area contributed by atoms with Crippen LogP contribution in [0.1, 0.15) is 27.6 Å². The standard InChI is InChI=1S/C21H24ClN3O3/c1-15-4-2-3-5-17(15)19-14-25(8-11-28-19)20-18(22)12-16(13-23-20)21(26)24-6-9-27-10-7-24/h2-5,12-13,19H,6-11,14H2,1H3. The molecule has 2 fully saturated rings. The summed E-state index contributed by atoms with van der Waals surface area (Å²) in [6.45, 7) is 6.41. The molecule has 0 N–H and O–H groups in total. The largest absolute Gasteiger partial charge is 0.378 e. The molecule has 2 aromatic rings. The van der Waals surface area contributed by atoms with E-state index in [2.05, 4.69) is 28.9 Å². The topological polar surface area (TPSA) is 54.9 Å². The summed E-state index contributed by atoms with van der Waals surface area (Å²) in [5.74, 6) is 0.645. The molecular formula is C21H24ClN3O3. The van der Waals surface area contributed by atoms with Gasteiger partial charge in [0.15, 0.2) is 0 Å². The van der Waals surface area contributed by atoms with Crippen molar-refractivity contribution in [3.8, 4) is 0 Å². The number of carbonyl (C=O) groups excluding carboxylic acids is 1. The van der Waals surface area contributed by atoms with E-state index in [1.807, 2.05) is 12.1 Å². The number of ether oxygens (including phenoxy) is 2. The Bertz CT molecular complexity index is 855. The number of benzene rings is 1. The molecule has 2 saturated heterocycles. The summed E-state index contributed by atoms with van der Waals surface area (Å²) in [7, 11) is 0. The average molecular weight is 402 g/mol. The fourth-order valence-corrected chi connectivity index (χ4v) is 3.99. The molecule has 0 aliphatic carbocycles. The lowest BCUT2D eigenvalue weighted by Crippen LogP contribution is -2.41. The highest BCUT2D eigenvalue weighted by Gasteiger charge is 2.26. The summed E-state index contributed by atoms with van der Waals surface area (Å²) in [4.78, 5) is 21.1. The van der Waals surface area contributed by atoms with E-state index in [4.69, 9.17) is 21.1 Å². The molecule has 6 nitrogen and oxygen atoms in total. The molecule has 2 aliphatic rings. The summed E-state index contributed by atoms with van der Waals surface area (Å²) in [5, 5.41) is 0.490. The second-order valence-corrected chi connectivity index (χ2v) is 7.50. The zero-order valence-electron chi connectivity index (χ0n) is 15.9. The smallest absolute Gasteiger partial charge is 0.255 e. The maximum Gasteiger partial charge on any atom is 0.255 e. The predicted octanol–water partition coefficient (Wildman–Crippen LogP) is 3.09. The van der Waals surface area contributed by atoms with Gasteiger partial charge in [-0.05, 0) is 24.1 Å². The molecule has 148 valence electrons. The molecule has 1 aromatic heterocycles. The number of halogens is 1. The van der Waals surface area contributed by atoms with Gasteiger partial charge in [-0.2, -0.15) is 0 Å². The van der Waals surface area contributed by atoms with Crippen molar-refractivity contribution in [2.24, 2.45) is 0 Å². The highest BCUT2D eigenvalue weighted by Crippen LogP contribution is 2.31. The van der Waals surface area contributed by atoms with E-state index in [-0.39, 0.29) is 12.0 Å². The quantitative estimate of drug-likeness (QED) is 0.791. The van der Waals surface area contributed by atoms with Crippen molar-refractivity contribution in [1.82, 2.24) is 9.88 Å². The van der Waals surface area contributed by atoms with Gasteiger partial charge >= 0.3 is 0 Å². The van der Waals surface area contributed by atoms with Crippen LogP contribution in [0.4, 0.5) is 5.82 Å². The van der Waals surface area contributed by atoms with E-state index in [9.17, 15) is 4.79 Å². The van der Waals surface area contributed by atoms with Gasteiger partial charge in [0.1, 0.15) is 11.9 Å². The van der Waals surface area contributed by atoms with Crippen LogP contribution in [0.15, 0.2) is 36.5 Å². The molecule has 1 atom stereocenters. The molecule has 1 amide bonds. The summed E-state index contributed by atoms with van der Waals surface area (Å²) in [6.07, 6.45) is 1.60. The van der Waals surface area contributed by atoms with E-state index in [0.717, 1.165) is 0 Å². The van der Waals surface area contributed by atoms with Gasteiger partial charge in [-0.25, -0.2) is 4.98 Å². The van der Waals surface area contributed by atoms with Crippen LogP contribution in [0.5, 0.6) is 0 Å². The van der Waals surface area contributed by atoms with Gasteiger partial charge in [0.25, 0.3) is 5.91 Å². The van der Waals surface area contributed by atoms with Crippen molar-refractivity contribution in [2.45, 2.75) is 13.0 Å². The third kappa shape index (κ3) is 3.99. The first-order valence-electron chi connectivity index (χ1n) is 9.58. The Kier molecular flexibility index (Phi) is 5.80. The number of aromatic nitrogens is 1. The van der Waals surface area contributed by atoms with Crippen LogP contribution in [-0.4, -0.2) is 61.8 Å². The highest BCUT2D eigenvalue weighted by molar-refractivity contribution is 6.33. The minimum atomic E-state index is -0.0518. The second kappa shape index (κ2) is 8.47. The van der Waals surface area contributed by atoms with Gasteiger partial charge in [0.2, 0.25) is 0 Å². The molecule has 1 unspecified atom stereocenters. The van der Waals surface area contributed by atoms with Crippen LogP contribution in [0.25, 0.3) is 0 Å². The molecule has 0 spiro atoms. The van der Waals surface area contributed by atoms with E-state index >= 15 is 0 Å². The number of anilines is 1.